The zero-order valence-electron chi connectivity index (χ0n) is 12.3. The lowest BCUT2D eigenvalue weighted by atomic mass is 10.2. The topological polar surface area (TPSA) is 66.6 Å². The van der Waals surface area contributed by atoms with E-state index in [1.807, 2.05) is 43.3 Å². The molecule has 4 nitrogen and oxygen atoms in total. The number of carboxylic acid groups (broad SMARTS) is 1. The van der Waals surface area contributed by atoms with Crippen LogP contribution in [0.5, 0.6) is 0 Å². The fourth-order valence-corrected chi connectivity index (χ4v) is 4.13. The lowest BCUT2D eigenvalue weighted by Crippen LogP contribution is -2.32. The van der Waals surface area contributed by atoms with E-state index in [1.165, 1.54) is 23.1 Å². The number of hydrogen-bond donors (Lipinski definition) is 2. The van der Waals surface area contributed by atoms with Crippen LogP contribution in [0.15, 0.2) is 47.5 Å². The van der Waals surface area contributed by atoms with Crippen LogP contribution in [0.3, 0.4) is 0 Å². The van der Waals surface area contributed by atoms with E-state index in [0.717, 1.165) is 10.5 Å². The number of nitrogens with two attached hydrogens (primary N) is 1. The minimum Gasteiger partial charge on any atom is -0.477 e. The summed E-state index contributed by atoms with van der Waals surface area (Å²) in [6.07, 6.45) is 0. The molecule has 3 rings (SSSR count). The van der Waals surface area contributed by atoms with Crippen molar-refractivity contribution in [1.82, 2.24) is 5.01 Å². The summed E-state index contributed by atoms with van der Waals surface area (Å²) in [5, 5.41) is 12.7. The number of rotatable bonds is 2. The number of thioether (sulfide) groups is 1. The number of hydrogen-bond acceptors (Lipinski definition) is 5. The van der Waals surface area contributed by atoms with Gasteiger partial charge < -0.3 is 5.11 Å². The van der Waals surface area contributed by atoms with E-state index >= 15 is 0 Å². The van der Waals surface area contributed by atoms with Crippen LogP contribution < -0.4 is 5.84 Å². The zero-order valence-corrected chi connectivity index (χ0v) is 13.9. The maximum atomic E-state index is 11.4. The molecule has 2 aromatic rings. The minimum atomic E-state index is -0.929. The van der Waals surface area contributed by atoms with Crippen molar-refractivity contribution in [2.45, 2.75) is 12.3 Å². The highest BCUT2D eigenvalue weighted by Gasteiger charge is 2.30. The van der Waals surface area contributed by atoms with Crippen molar-refractivity contribution >= 4 is 34.0 Å². The minimum absolute atomic E-state index is 0.00613. The first-order chi connectivity index (χ1) is 11.1. The largest absolute Gasteiger partial charge is 0.477 e. The molecule has 1 aromatic heterocycles. The molecule has 0 spiro atoms. The first-order valence-electron chi connectivity index (χ1n) is 6.91. The molecule has 2 heterocycles. The highest BCUT2D eigenvalue weighted by atomic mass is 32.2. The van der Waals surface area contributed by atoms with Crippen molar-refractivity contribution in [3.05, 3.63) is 63.5 Å². The van der Waals surface area contributed by atoms with Crippen molar-refractivity contribution < 1.29 is 9.90 Å². The van der Waals surface area contributed by atoms with Crippen LogP contribution in [0.4, 0.5) is 0 Å². The average Bonchev–Trinajstić information content (AvgIpc) is 3.13. The Labute approximate surface area is 142 Å². The van der Waals surface area contributed by atoms with Crippen LogP contribution in [0.25, 0.3) is 4.91 Å². The SMILES string of the molecule is CC1SC(c2ccsc2C(=O)O)=C(C#Cc2ccccc2)N1N. The summed E-state index contributed by atoms with van der Waals surface area (Å²) in [4.78, 5) is 12.5. The second-order valence-electron chi connectivity index (χ2n) is 4.89. The molecule has 23 heavy (non-hydrogen) atoms. The van der Waals surface area contributed by atoms with Crippen LogP contribution in [-0.2, 0) is 0 Å². The smallest absolute Gasteiger partial charge is 0.346 e. The maximum absolute atomic E-state index is 11.4. The van der Waals surface area contributed by atoms with E-state index in [1.54, 1.807) is 10.4 Å². The molecule has 116 valence electrons. The van der Waals surface area contributed by atoms with Gasteiger partial charge in [0.15, 0.2) is 0 Å². The average molecular weight is 342 g/mol. The molecule has 1 aliphatic rings. The molecular formula is C17H14N2O2S2. The third kappa shape index (κ3) is 3.13. The van der Waals surface area contributed by atoms with Crippen molar-refractivity contribution in [2.24, 2.45) is 5.84 Å². The van der Waals surface area contributed by atoms with Gasteiger partial charge in [0.2, 0.25) is 0 Å². The molecule has 0 radical (unpaired) electrons. The molecular weight excluding hydrogens is 328 g/mol. The highest BCUT2D eigenvalue weighted by Crippen LogP contribution is 2.44. The van der Waals surface area contributed by atoms with Crippen molar-refractivity contribution in [2.75, 3.05) is 0 Å². The number of allylic oxidation sites excluding steroid dienone is 1. The molecule has 0 fully saturated rings. The molecule has 0 amide bonds. The Morgan fingerprint density at radius 2 is 2.00 bits per heavy atom. The Kier molecular flexibility index (Phi) is 4.44. The van der Waals surface area contributed by atoms with Gasteiger partial charge in [-0.1, -0.05) is 35.9 Å². The molecule has 0 bridgehead atoms. The summed E-state index contributed by atoms with van der Waals surface area (Å²) in [6, 6.07) is 11.4. The third-order valence-corrected chi connectivity index (χ3v) is 5.48. The maximum Gasteiger partial charge on any atom is 0.346 e. The van der Waals surface area contributed by atoms with Gasteiger partial charge in [-0.05, 0) is 36.4 Å². The highest BCUT2D eigenvalue weighted by molar-refractivity contribution is 8.09. The van der Waals surface area contributed by atoms with E-state index in [4.69, 9.17) is 5.84 Å². The second-order valence-corrected chi connectivity index (χ2v) is 7.13. The summed E-state index contributed by atoms with van der Waals surface area (Å²) >= 11 is 2.74. The van der Waals surface area contributed by atoms with Gasteiger partial charge in [-0.2, -0.15) is 0 Å². The lowest BCUT2D eigenvalue weighted by Gasteiger charge is -2.16. The molecule has 6 heteroatoms. The fourth-order valence-electron chi connectivity index (χ4n) is 2.20. The molecule has 1 unspecified atom stereocenters. The van der Waals surface area contributed by atoms with E-state index in [9.17, 15) is 9.90 Å². The van der Waals surface area contributed by atoms with Crippen LogP contribution >= 0.6 is 23.1 Å². The van der Waals surface area contributed by atoms with Gasteiger partial charge in [0.1, 0.15) is 10.6 Å². The Bertz CT molecular complexity index is 831. The predicted molar refractivity (Wildman–Crippen MR) is 94.6 cm³/mol. The number of thiophene rings is 1. The van der Waals surface area contributed by atoms with Crippen LogP contribution in [-0.4, -0.2) is 21.5 Å². The first-order valence-corrected chi connectivity index (χ1v) is 8.67. The Morgan fingerprint density at radius 3 is 2.70 bits per heavy atom. The van der Waals surface area contributed by atoms with E-state index in [0.29, 0.717) is 16.1 Å². The number of aromatic carboxylic acids is 1. The van der Waals surface area contributed by atoms with Gasteiger partial charge in [-0.15, -0.1) is 11.3 Å². The van der Waals surface area contributed by atoms with E-state index < -0.39 is 5.97 Å². The molecule has 0 saturated carbocycles. The van der Waals surface area contributed by atoms with Crippen LogP contribution in [0, 0.1) is 11.8 Å². The van der Waals surface area contributed by atoms with E-state index in [-0.39, 0.29) is 5.37 Å². The Balaban J connectivity index is 2.07. The van der Waals surface area contributed by atoms with Crippen LogP contribution in [0.1, 0.15) is 27.7 Å². The number of benzene rings is 1. The van der Waals surface area contributed by atoms with Gasteiger partial charge in [-0.25, -0.2) is 10.6 Å². The standard InChI is InChI=1S/C17H14N2O2S2/c1-11-19(18)14(8-7-12-5-3-2-4-6-12)15(23-11)13-9-10-22-16(13)17(20)21/h2-6,9-11H,18H2,1H3,(H,20,21). The molecule has 3 N–H and O–H groups in total. The van der Waals surface area contributed by atoms with E-state index in [2.05, 4.69) is 11.8 Å². The molecule has 0 aliphatic carbocycles. The van der Waals surface area contributed by atoms with Crippen LogP contribution in [0.2, 0.25) is 0 Å². The quantitative estimate of drug-likeness (QED) is 0.646. The van der Waals surface area contributed by atoms with Gasteiger partial charge in [0, 0.05) is 11.1 Å². The summed E-state index contributed by atoms with van der Waals surface area (Å²) in [5.74, 6) is 11.4. The molecule has 1 aliphatic heterocycles. The van der Waals surface area contributed by atoms with Crippen molar-refractivity contribution in [1.29, 1.82) is 0 Å². The van der Waals surface area contributed by atoms with Gasteiger partial charge in [0.25, 0.3) is 0 Å². The number of hydrazine groups is 1. The monoisotopic (exact) mass is 342 g/mol. The fraction of sp³-hybridized carbons (Fsp3) is 0.118. The normalized spacial score (nSPS) is 17.1. The molecule has 0 saturated heterocycles. The van der Waals surface area contributed by atoms with Crippen molar-refractivity contribution in [3.8, 4) is 11.8 Å². The summed E-state index contributed by atoms with van der Waals surface area (Å²) < 4.78 is 0. The predicted octanol–water partition coefficient (Wildman–Crippen LogP) is 3.44. The lowest BCUT2D eigenvalue weighted by molar-refractivity contribution is 0.0702. The number of carbonyl (C=O) groups is 1. The first kappa shape index (κ1) is 15.7. The third-order valence-electron chi connectivity index (χ3n) is 3.36. The second kappa shape index (κ2) is 6.50. The van der Waals surface area contributed by atoms with Gasteiger partial charge in [-0.3, -0.25) is 5.01 Å². The molecule has 1 atom stereocenters. The van der Waals surface area contributed by atoms with Crippen molar-refractivity contribution in [3.63, 3.8) is 0 Å². The molecule has 1 aromatic carbocycles. The summed E-state index contributed by atoms with van der Waals surface area (Å²) in [6.45, 7) is 1.97. The number of carboxylic acids is 1. The summed E-state index contributed by atoms with van der Waals surface area (Å²) in [7, 11) is 0. The Hall–Kier alpha value is -2.20. The zero-order chi connectivity index (χ0) is 16.4. The van der Waals surface area contributed by atoms with Gasteiger partial charge >= 0.3 is 5.97 Å². The summed E-state index contributed by atoms with van der Waals surface area (Å²) in [5.41, 5.74) is 2.23. The Morgan fingerprint density at radius 1 is 1.26 bits per heavy atom. The van der Waals surface area contributed by atoms with Gasteiger partial charge in [0.05, 0.1) is 10.3 Å². The number of nitrogens with zero attached hydrogens (tertiary/aromatic N) is 1.